The summed E-state index contributed by atoms with van der Waals surface area (Å²) in [6, 6.07) is 2.50. The summed E-state index contributed by atoms with van der Waals surface area (Å²) in [5.74, 6) is 0. The van der Waals surface area contributed by atoms with Gasteiger partial charge in [-0.2, -0.15) is 5.10 Å². The molecule has 1 heterocycles. The quantitative estimate of drug-likeness (QED) is 0.771. The first-order valence-corrected chi connectivity index (χ1v) is 6.90. The van der Waals surface area contributed by atoms with Gasteiger partial charge >= 0.3 is 0 Å². The van der Waals surface area contributed by atoms with Crippen molar-refractivity contribution in [3.8, 4) is 0 Å². The molecular formula is C14H27N3O. The molecule has 2 unspecified atom stereocenters. The minimum atomic E-state index is 0.278. The van der Waals surface area contributed by atoms with Crippen LogP contribution >= 0.6 is 0 Å². The Morgan fingerprint density at radius 2 is 2.17 bits per heavy atom. The van der Waals surface area contributed by atoms with Crippen molar-refractivity contribution >= 4 is 0 Å². The van der Waals surface area contributed by atoms with Crippen LogP contribution in [-0.2, 0) is 18.2 Å². The first-order valence-electron chi connectivity index (χ1n) is 6.90. The number of hydrogen-bond acceptors (Lipinski definition) is 3. The predicted molar refractivity (Wildman–Crippen MR) is 74.8 cm³/mol. The summed E-state index contributed by atoms with van der Waals surface area (Å²) >= 11 is 0. The molecule has 0 aliphatic rings. The Hall–Kier alpha value is -0.870. The van der Waals surface area contributed by atoms with E-state index in [-0.39, 0.29) is 6.10 Å². The second-order valence-corrected chi connectivity index (χ2v) is 4.78. The molecule has 1 aromatic rings. The second-order valence-electron chi connectivity index (χ2n) is 4.78. The third-order valence-electron chi connectivity index (χ3n) is 3.30. The third kappa shape index (κ3) is 4.10. The van der Waals surface area contributed by atoms with Gasteiger partial charge in [-0.1, -0.05) is 13.3 Å². The smallest absolute Gasteiger partial charge is 0.0731 e. The predicted octanol–water partition coefficient (Wildman–Crippen LogP) is 2.06. The molecule has 4 heteroatoms. The van der Waals surface area contributed by atoms with Crippen LogP contribution in [0.3, 0.4) is 0 Å². The lowest BCUT2D eigenvalue weighted by atomic mass is 10.0. The number of nitrogens with zero attached hydrogens (tertiary/aromatic N) is 2. The maximum absolute atomic E-state index is 5.86. The number of ether oxygens (including phenoxy) is 1. The number of nitrogens with one attached hydrogen (secondary N) is 1. The molecule has 18 heavy (non-hydrogen) atoms. The average Bonchev–Trinajstić information content (AvgIpc) is 2.64. The van der Waals surface area contributed by atoms with E-state index in [0.29, 0.717) is 6.04 Å². The van der Waals surface area contributed by atoms with E-state index < -0.39 is 0 Å². The van der Waals surface area contributed by atoms with Gasteiger partial charge in [0.15, 0.2) is 0 Å². The van der Waals surface area contributed by atoms with Crippen LogP contribution < -0.4 is 5.32 Å². The van der Waals surface area contributed by atoms with Gasteiger partial charge in [0, 0.05) is 31.8 Å². The van der Waals surface area contributed by atoms with Crippen LogP contribution in [0.25, 0.3) is 0 Å². The lowest BCUT2D eigenvalue weighted by Crippen LogP contribution is -2.41. The molecule has 1 N–H and O–H groups in total. The standard InChI is InChI=1S/C14H27N3O/c1-6-8-14(18-7-2)13(15-4)10-12-9-11(3)16-17(12)5/h9,13-15H,6-8,10H2,1-5H3. The summed E-state index contributed by atoms with van der Waals surface area (Å²) < 4.78 is 7.83. The molecule has 1 rings (SSSR count). The topological polar surface area (TPSA) is 39.1 Å². The van der Waals surface area contributed by atoms with E-state index in [9.17, 15) is 0 Å². The summed E-state index contributed by atoms with van der Waals surface area (Å²) in [6.07, 6.45) is 3.47. The van der Waals surface area contributed by atoms with E-state index >= 15 is 0 Å². The molecule has 0 bridgehead atoms. The highest BCUT2D eigenvalue weighted by atomic mass is 16.5. The Morgan fingerprint density at radius 3 is 2.61 bits per heavy atom. The molecule has 0 aliphatic carbocycles. The van der Waals surface area contributed by atoms with E-state index in [1.54, 1.807) is 0 Å². The van der Waals surface area contributed by atoms with E-state index in [1.165, 1.54) is 5.69 Å². The van der Waals surface area contributed by atoms with Crippen LogP contribution in [0.2, 0.25) is 0 Å². The first-order chi connectivity index (χ1) is 8.62. The Kier molecular flexibility index (Phi) is 6.36. The average molecular weight is 253 g/mol. The first kappa shape index (κ1) is 15.2. The molecule has 1 aromatic heterocycles. The number of likely N-dealkylation sites (N-methyl/N-ethyl adjacent to an activating group) is 1. The van der Waals surface area contributed by atoms with Gasteiger partial charge in [-0.25, -0.2) is 0 Å². The van der Waals surface area contributed by atoms with Crippen LogP contribution in [0.5, 0.6) is 0 Å². The lowest BCUT2D eigenvalue weighted by Gasteiger charge is -2.26. The number of aromatic nitrogens is 2. The number of hydrogen-bond donors (Lipinski definition) is 1. The fraction of sp³-hybridized carbons (Fsp3) is 0.786. The van der Waals surface area contributed by atoms with Crippen LogP contribution in [0.15, 0.2) is 6.07 Å². The molecule has 0 aliphatic heterocycles. The van der Waals surface area contributed by atoms with Crippen LogP contribution in [0.4, 0.5) is 0 Å². The van der Waals surface area contributed by atoms with Crippen LogP contribution in [0, 0.1) is 6.92 Å². The molecule has 0 fully saturated rings. The Morgan fingerprint density at radius 1 is 1.44 bits per heavy atom. The maximum Gasteiger partial charge on any atom is 0.0731 e. The number of aryl methyl sites for hydroxylation is 2. The van der Waals surface area contributed by atoms with Crippen molar-refractivity contribution in [2.45, 2.75) is 52.2 Å². The van der Waals surface area contributed by atoms with E-state index in [4.69, 9.17) is 4.74 Å². The Labute approximate surface area is 111 Å². The van der Waals surface area contributed by atoms with Crippen molar-refractivity contribution in [1.29, 1.82) is 0 Å². The Bertz CT molecular complexity index is 343. The molecule has 0 amide bonds. The highest BCUT2D eigenvalue weighted by molar-refractivity contribution is 5.10. The van der Waals surface area contributed by atoms with Crippen molar-refractivity contribution in [2.75, 3.05) is 13.7 Å². The summed E-state index contributed by atoms with van der Waals surface area (Å²) in [5.41, 5.74) is 2.33. The van der Waals surface area contributed by atoms with Gasteiger partial charge in [0.25, 0.3) is 0 Å². The van der Waals surface area contributed by atoms with Crippen LogP contribution in [0.1, 0.15) is 38.1 Å². The van der Waals surface area contributed by atoms with Gasteiger partial charge in [0.05, 0.1) is 11.8 Å². The second kappa shape index (κ2) is 7.54. The third-order valence-corrected chi connectivity index (χ3v) is 3.30. The molecular weight excluding hydrogens is 226 g/mol. The minimum absolute atomic E-state index is 0.278. The summed E-state index contributed by atoms with van der Waals surface area (Å²) in [4.78, 5) is 0. The molecule has 4 nitrogen and oxygen atoms in total. The summed E-state index contributed by atoms with van der Waals surface area (Å²) in [7, 11) is 4.01. The van der Waals surface area contributed by atoms with E-state index in [0.717, 1.165) is 31.6 Å². The highest BCUT2D eigenvalue weighted by Gasteiger charge is 2.21. The van der Waals surface area contributed by atoms with Crippen molar-refractivity contribution < 1.29 is 4.74 Å². The highest BCUT2D eigenvalue weighted by Crippen LogP contribution is 2.13. The fourth-order valence-electron chi connectivity index (χ4n) is 2.40. The van der Waals surface area contributed by atoms with Crippen molar-refractivity contribution in [1.82, 2.24) is 15.1 Å². The lowest BCUT2D eigenvalue weighted by molar-refractivity contribution is 0.0296. The van der Waals surface area contributed by atoms with Crippen molar-refractivity contribution in [3.63, 3.8) is 0 Å². The van der Waals surface area contributed by atoms with E-state index in [2.05, 4.69) is 30.3 Å². The maximum atomic E-state index is 5.86. The molecule has 0 saturated heterocycles. The minimum Gasteiger partial charge on any atom is -0.377 e. The molecule has 104 valence electrons. The van der Waals surface area contributed by atoms with E-state index in [1.807, 2.05) is 25.7 Å². The molecule has 0 aromatic carbocycles. The number of rotatable bonds is 8. The van der Waals surface area contributed by atoms with Gasteiger partial charge in [0.1, 0.15) is 0 Å². The van der Waals surface area contributed by atoms with Crippen LogP contribution in [-0.4, -0.2) is 35.6 Å². The fourth-order valence-corrected chi connectivity index (χ4v) is 2.40. The molecule has 0 radical (unpaired) electrons. The zero-order valence-corrected chi connectivity index (χ0v) is 12.4. The van der Waals surface area contributed by atoms with Crippen molar-refractivity contribution in [2.24, 2.45) is 7.05 Å². The zero-order valence-electron chi connectivity index (χ0n) is 12.4. The molecule has 0 spiro atoms. The normalized spacial score (nSPS) is 14.7. The van der Waals surface area contributed by atoms with Gasteiger partial charge < -0.3 is 10.1 Å². The largest absolute Gasteiger partial charge is 0.377 e. The van der Waals surface area contributed by atoms with Crippen molar-refractivity contribution in [3.05, 3.63) is 17.5 Å². The summed E-state index contributed by atoms with van der Waals surface area (Å²) in [6.45, 7) is 7.06. The SMILES string of the molecule is CCCC(OCC)C(Cc1cc(C)nn1C)NC. The van der Waals surface area contributed by atoms with Gasteiger partial charge in [-0.15, -0.1) is 0 Å². The zero-order chi connectivity index (χ0) is 13.5. The summed E-state index contributed by atoms with van der Waals surface area (Å²) in [5, 5.41) is 7.79. The van der Waals surface area contributed by atoms with Gasteiger partial charge in [-0.3, -0.25) is 4.68 Å². The van der Waals surface area contributed by atoms with Gasteiger partial charge in [0.2, 0.25) is 0 Å². The molecule has 0 saturated carbocycles. The Balaban J connectivity index is 2.72. The van der Waals surface area contributed by atoms with Gasteiger partial charge in [-0.05, 0) is 33.4 Å². The monoisotopic (exact) mass is 253 g/mol. The molecule has 2 atom stereocenters.